The van der Waals surface area contributed by atoms with E-state index >= 15 is 0 Å². The van der Waals surface area contributed by atoms with Gasteiger partial charge in [-0.2, -0.15) is 0 Å². The van der Waals surface area contributed by atoms with Crippen molar-refractivity contribution >= 4 is 11.9 Å². The molecule has 28 heavy (non-hydrogen) atoms. The molecule has 0 aliphatic heterocycles. The van der Waals surface area contributed by atoms with Gasteiger partial charge in [0.1, 0.15) is 5.75 Å². The lowest BCUT2D eigenvalue weighted by Gasteiger charge is -2.17. The molecule has 7 nitrogen and oxygen atoms in total. The fourth-order valence-electron chi connectivity index (χ4n) is 2.58. The van der Waals surface area contributed by atoms with Crippen LogP contribution in [-0.4, -0.2) is 36.8 Å². The fourth-order valence-corrected chi connectivity index (χ4v) is 2.58. The second-order valence-corrected chi connectivity index (χ2v) is 5.98. The number of carbonyl (C=O) groups excluding carboxylic acids is 1. The average Bonchev–Trinajstić information content (AvgIpc) is 2.67. The number of hydrogen-bond donors (Lipinski definition) is 2. The minimum absolute atomic E-state index is 0.230. The molecule has 2 N–H and O–H groups in total. The van der Waals surface area contributed by atoms with Gasteiger partial charge in [0.05, 0.1) is 19.3 Å². The van der Waals surface area contributed by atoms with Crippen LogP contribution >= 0.6 is 0 Å². The summed E-state index contributed by atoms with van der Waals surface area (Å²) in [6.07, 6.45) is 0. The molecule has 0 aliphatic carbocycles. The third kappa shape index (κ3) is 5.90. The van der Waals surface area contributed by atoms with Crippen molar-refractivity contribution in [2.75, 3.05) is 19.8 Å². The summed E-state index contributed by atoms with van der Waals surface area (Å²) in [4.78, 5) is 23.3. The summed E-state index contributed by atoms with van der Waals surface area (Å²) in [7, 11) is 0. The monoisotopic (exact) mass is 387 g/mol. The van der Waals surface area contributed by atoms with Crippen molar-refractivity contribution in [1.82, 2.24) is 5.32 Å². The quantitative estimate of drug-likeness (QED) is 0.649. The van der Waals surface area contributed by atoms with Gasteiger partial charge in [-0.05, 0) is 56.7 Å². The summed E-state index contributed by atoms with van der Waals surface area (Å²) in [6.45, 7) is 6.03. The first-order valence-corrected chi connectivity index (χ1v) is 9.09. The molecular formula is C21H25NO6. The predicted octanol–water partition coefficient (Wildman–Crippen LogP) is 3.44. The van der Waals surface area contributed by atoms with Gasteiger partial charge in [-0.1, -0.05) is 12.1 Å². The van der Waals surface area contributed by atoms with E-state index in [0.717, 1.165) is 11.3 Å². The number of carboxylic acid groups (broad SMARTS) is 1. The Kier molecular flexibility index (Phi) is 7.68. The van der Waals surface area contributed by atoms with Gasteiger partial charge in [-0.15, -0.1) is 0 Å². The highest BCUT2D eigenvalue weighted by atomic mass is 16.5. The Morgan fingerprint density at radius 2 is 1.75 bits per heavy atom. The Labute approximate surface area is 164 Å². The van der Waals surface area contributed by atoms with Gasteiger partial charge < -0.3 is 24.6 Å². The molecule has 0 heterocycles. The summed E-state index contributed by atoms with van der Waals surface area (Å²) in [5.41, 5.74) is 1.31. The topological polar surface area (TPSA) is 94.1 Å². The van der Waals surface area contributed by atoms with Crippen molar-refractivity contribution < 1.29 is 28.9 Å². The number of nitrogens with one attached hydrogen (secondary N) is 1. The van der Waals surface area contributed by atoms with E-state index in [1.165, 1.54) is 6.07 Å². The molecule has 1 unspecified atom stereocenters. The van der Waals surface area contributed by atoms with E-state index in [0.29, 0.717) is 24.5 Å². The number of hydrogen-bond acceptors (Lipinski definition) is 5. The molecule has 0 radical (unpaired) electrons. The number of aliphatic carboxylic acids is 1. The van der Waals surface area contributed by atoms with E-state index in [2.05, 4.69) is 5.32 Å². The lowest BCUT2D eigenvalue weighted by atomic mass is 10.1. The van der Waals surface area contributed by atoms with Gasteiger partial charge in [-0.25, -0.2) is 4.79 Å². The highest BCUT2D eigenvalue weighted by Gasteiger charge is 2.15. The second-order valence-electron chi connectivity index (χ2n) is 5.98. The minimum atomic E-state index is -1.09. The van der Waals surface area contributed by atoms with Crippen molar-refractivity contribution in [3.63, 3.8) is 0 Å². The van der Waals surface area contributed by atoms with Gasteiger partial charge in [-0.3, -0.25) is 4.79 Å². The normalized spacial score (nSPS) is 11.4. The molecule has 2 aromatic rings. The molecule has 0 saturated heterocycles. The van der Waals surface area contributed by atoms with Crippen LogP contribution in [0.25, 0.3) is 0 Å². The van der Waals surface area contributed by atoms with Crippen LogP contribution in [0, 0.1) is 0 Å². The van der Waals surface area contributed by atoms with Crippen LogP contribution in [0.3, 0.4) is 0 Å². The number of rotatable bonds is 10. The van der Waals surface area contributed by atoms with Gasteiger partial charge in [0.15, 0.2) is 18.1 Å². The number of amides is 1. The Balaban J connectivity index is 2.13. The van der Waals surface area contributed by atoms with E-state index in [1.54, 1.807) is 19.1 Å². The van der Waals surface area contributed by atoms with Crippen molar-refractivity contribution in [1.29, 1.82) is 0 Å². The van der Waals surface area contributed by atoms with Crippen molar-refractivity contribution in [2.24, 2.45) is 0 Å². The van der Waals surface area contributed by atoms with E-state index < -0.39 is 12.6 Å². The molecule has 0 spiro atoms. The zero-order valence-corrected chi connectivity index (χ0v) is 16.2. The van der Waals surface area contributed by atoms with Crippen molar-refractivity contribution in [3.05, 3.63) is 53.6 Å². The summed E-state index contributed by atoms with van der Waals surface area (Å²) in [5.74, 6) is -0.0206. The Hall–Kier alpha value is -3.22. The number of carbonyl (C=O) groups is 2. The van der Waals surface area contributed by atoms with Crippen molar-refractivity contribution in [3.8, 4) is 17.2 Å². The largest absolute Gasteiger partial charge is 0.494 e. The second kappa shape index (κ2) is 10.2. The molecule has 0 fully saturated rings. The molecule has 150 valence electrons. The van der Waals surface area contributed by atoms with Crippen LogP contribution in [0.5, 0.6) is 17.2 Å². The molecule has 0 saturated carbocycles. The maximum Gasteiger partial charge on any atom is 0.341 e. The summed E-state index contributed by atoms with van der Waals surface area (Å²) >= 11 is 0. The first kappa shape index (κ1) is 21.1. The van der Waals surface area contributed by atoms with E-state index in [4.69, 9.17) is 19.3 Å². The number of carboxylic acids is 1. The van der Waals surface area contributed by atoms with Crippen LogP contribution in [0.1, 0.15) is 42.7 Å². The smallest absolute Gasteiger partial charge is 0.341 e. The van der Waals surface area contributed by atoms with E-state index in [9.17, 15) is 9.59 Å². The summed E-state index contributed by atoms with van der Waals surface area (Å²) in [6, 6.07) is 12.0. The number of ether oxygens (including phenoxy) is 3. The highest BCUT2D eigenvalue weighted by Crippen LogP contribution is 2.29. The standard InChI is InChI=1S/C21H25NO6/c1-4-26-17-8-6-7-15(11-17)14(3)22-21(25)16-9-10-18(28-13-20(23)24)19(12-16)27-5-2/h6-12,14H,4-5,13H2,1-3H3,(H,22,25)(H,23,24). The van der Waals surface area contributed by atoms with Crippen LogP contribution < -0.4 is 19.5 Å². The molecule has 1 amide bonds. The lowest BCUT2D eigenvalue weighted by Crippen LogP contribution is -2.26. The predicted molar refractivity (Wildman–Crippen MR) is 104 cm³/mol. The first-order valence-electron chi connectivity index (χ1n) is 9.09. The molecule has 7 heteroatoms. The van der Waals surface area contributed by atoms with E-state index in [-0.39, 0.29) is 17.7 Å². The molecule has 0 aliphatic rings. The van der Waals surface area contributed by atoms with Gasteiger partial charge in [0.25, 0.3) is 5.91 Å². The molecule has 2 rings (SSSR count). The van der Waals surface area contributed by atoms with Crippen LogP contribution in [0.15, 0.2) is 42.5 Å². The molecule has 0 aromatic heterocycles. The number of benzene rings is 2. The third-order valence-electron chi connectivity index (χ3n) is 3.87. The average molecular weight is 387 g/mol. The maximum atomic E-state index is 12.6. The van der Waals surface area contributed by atoms with Gasteiger partial charge in [0.2, 0.25) is 0 Å². The van der Waals surface area contributed by atoms with Crippen molar-refractivity contribution in [2.45, 2.75) is 26.8 Å². The van der Waals surface area contributed by atoms with Gasteiger partial charge >= 0.3 is 5.97 Å². The summed E-state index contributed by atoms with van der Waals surface area (Å²) < 4.78 is 16.2. The highest BCUT2D eigenvalue weighted by molar-refractivity contribution is 5.95. The van der Waals surface area contributed by atoms with Gasteiger partial charge in [0, 0.05) is 5.56 Å². The summed E-state index contributed by atoms with van der Waals surface area (Å²) in [5, 5.41) is 11.7. The van der Waals surface area contributed by atoms with Crippen LogP contribution in [-0.2, 0) is 4.79 Å². The minimum Gasteiger partial charge on any atom is -0.494 e. The third-order valence-corrected chi connectivity index (χ3v) is 3.87. The molecule has 0 bridgehead atoms. The maximum absolute atomic E-state index is 12.6. The Morgan fingerprint density at radius 1 is 1.00 bits per heavy atom. The SMILES string of the molecule is CCOc1cccc(C(C)NC(=O)c2ccc(OCC(=O)O)c(OCC)c2)c1. The zero-order chi connectivity index (χ0) is 20.5. The Morgan fingerprint density at radius 3 is 2.43 bits per heavy atom. The Bertz CT molecular complexity index is 820. The molecule has 1 atom stereocenters. The zero-order valence-electron chi connectivity index (χ0n) is 16.2. The lowest BCUT2D eigenvalue weighted by molar-refractivity contribution is -0.139. The molecule has 2 aromatic carbocycles. The van der Waals surface area contributed by atoms with Crippen LogP contribution in [0.4, 0.5) is 0 Å². The molecular weight excluding hydrogens is 362 g/mol. The van der Waals surface area contributed by atoms with E-state index in [1.807, 2.05) is 38.1 Å². The first-order chi connectivity index (χ1) is 13.4. The fraction of sp³-hybridized carbons (Fsp3) is 0.333. The van der Waals surface area contributed by atoms with Crippen LogP contribution in [0.2, 0.25) is 0 Å².